The molecule has 6 heteroatoms. The maximum absolute atomic E-state index is 13.1. The predicted octanol–water partition coefficient (Wildman–Crippen LogP) is 2.79. The summed E-state index contributed by atoms with van der Waals surface area (Å²) in [4.78, 5) is 34.1. The fourth-order valence-corrected chi connectivity index (χ4v) is 3.45. The number of aromatic amines is 1. The lowest BCUT2D eigenvalue weighted by atomic mass is 10.1. The van der Waals surface area contributed by atoms with E-state index in [1.165, 1.54) is 7.11 Å². The van der Waals surface area contributed by atoms with Crippen LogP contribution in [0.2, 0.25) is 0 Å². The molecule has 3 heterocycles. The summed E-state index contributed by atoms with van der Waals surface area (Å²) < 4.78 is 4.81. The van der Waals surface area contributed by atoms with E-state index in [2.05, 4.69) is 9.97 Å². The van der Waals surface area contributed by atoms with Crippen LogP contribution in [0.3, 0.4) is 0 Å². The number of aromatic nitrogens is 2. The molecule has 126 valence electrons. The first-order chi connectivity index (χ1) is 11.5. The molecule has 0 spiro atoms. The number of rotatable bonds is 3. The van der Waals surface area contributed by atoms with Crippen LogP contribution < -0.4 is 0 Å². The standard InChI is InChI=1S/C18H21N3O3/c1-11-15(18(23)24-3)12(2)20-16(11)17(22)21-9-5-7-14(21)13-6-4-8-19-10-13/h4,6,8,10,14,20H,5,7,9H2,1-3H3/t14-/m0/s1. The van der Waals surface area contributed by atoms with Crippen LogP contribution in [0.5, 0.6) is 0 Å². The van der Waals surface area contributed by atoms with E-state index in [-0.39, 0.29) is 11.9 Å². The summed E-state index contributed by atoms with van der Waals surface area (Å²) in [7, 11) is 1.34. The number of hydrogen-bond donors (Lipinski definition) is 1. The molecule has 1 atom stereocenters. The molecular weight excluding hydrogens is 306 g/mol. The maximum atomic E-state index is 13.1. The van der Waals surface area contributed by atoms with E-state index >= 15 is 0 Å². The van der Waals surface area contributed by atoms with E-state index in [1.807, 2.05) is 23.2 Å². The molecule has 0 aliphatic carbocycles. The molecule has 0 radical (unpaired) electrons. The monoisotopic (exact) mass is 327 g/mol. The molecule has 2 aromatic rings. The molecule has 2 aromatic heterocycles. The van der Waals surface area contributed by atoms with Crippen molar-refractivity contribution in [2.45, 2.75) is 32.7 Å². The van der Waals surface area contributed by atoms with E-state index in [9.17, 15) is 9.59 Å². The molecule has 1 aliphatic rings. The van der Waals surface area contributed by atoms with E-state index in [4.69, 9.17) is 4.74 Å². The Balaban J connectivity index is 1.93. The summed E-state index contributed by atoms with van der Waals surface area (Å²) in [5.41, 5.74) is 3.24. The van der Waals surface area contributed by atoms with Crippen LogP contribution >= 0.6 is 0 Å². The highest BCUT2D eigenvalue weighted by atomic mass is 16.5. The highest BCUT2D eigenvalue weighted by Crippen LogP contribution is 2.33. The molecule has 0 aromatic carbocycles. The third-order valence-corrected chi connectivity index (χ3v) is 4.62. The van der Waals surface area contributed by atoms with Crippen molar-refractivity contribution < 1.29 is 14.3 Å². The van der Waals surface area contributed by atoms with Gasteiger partial charge in [-0.05, 0) is 43.9 Å². The molecule has 1 fully saturated rings. The minimum absolute atomic E-state index is 0.0239. The van der Waals surface area contributed by atoms with Gasteiger partial charge in [-0.15, -0.1) is 0 Å². The van der Waals surface area contributed by atoms with Gasteiger partial charge in [0, 0.05) is 24.6 Å². The van der Waals surface area contributed by atoms with E-state index in [0.717, 1.165) is 18.4 Å². The number of ether oxygens (including phenoxy) is 1. The van der Waals surface area contributed by atoms with Gasteiger partial charge in [0.15, 0.2) is 0 Å². The third kappa shape index (κ3) is 2.68. The smallest absolute Gasteiger partial charge is 0.339 e. The summed E-state index contributed by atoms with van der Waals surface area (Å²) in [5, 5.41) is 0. The van der Waals surface area contributed by atoms with Crippen molar-refractivity contribution in [3.05, 3.63) is 52.6 Å². The molecule has 1 amide bonds. The van der Waals surface area contributed by atoms with Crippen molar-refractivity contribution in [2.24, 2.45) is 0 Å². The SMILES string of the molecule is COC(=O)c1c(C)[nH]c(C(=O)N2CCC[C@H]2c2cccnc2)c1C. The van der Waals surface area contributed by atoms with Gasteiger partial charge in [0.1, 0.15) is 5.69 Å². The number of pyridine rings is 1. The lowest BCUT2D eigenvalue weighted by molar-refractivity contribution is 0.0599. The summed E-state index contributed by atoms with van der Waals surface area (Å²) in [5.74, 6) is -0.511. The van der Waals surface area contributed by atoms with Crippen molar-refractivity contribution >= 4 is 11.9 Å². The van der Waals surface area contributed by atoms with Crippen LogP contribution in [-0.4, -0.2) is 40.4 Å². The number of methoxy groups -OCH3 is 1. The van der Waals surface area contributed by atoms with Crippen LogP contribution in [0.25, 0.3) is 0 Å². The molecule has 1 N–H and O–H groups in total. The van der Waals surface area contributed by atoms with E-state index in [1.54, 1.807) is 20.0 Å². The summed E-state index contributed by atoms with van der Waals surface area (Å²) >= 11 is 0. The van der Waals surface area contributed by atoms with Gasteiger partial charge in [0.2, 0.25) is 0 Å². The topological polar surface area (TPSA) is 75.3 Å². The maximum Gasteiger partial charge on any atom is 0.339 e. The normalized spacial score (nSPS) is 17.1. The highest BCUT2D eigenvalue weighted by molar-refractivity contribution is 6.00. The van der Waals surface area contributed by atoms with Crippen LogP contribution in [0.1, 0.15) is 56.6 Å². The molecule has 24 heavy (non-hydrogen) atoms. The minimum Gasteiger partial charge on any atom is -0.465 e. The van der Waals surface area contributed by atoms with Gasteiger partial charge < -0.3 is 14.6 Å². The summed E-state index contributed by atoms with van der Waals surface area (Å²) in [6, 6.07) is 3.90. The Morgan fingerprint density at radius 1 is 1.38 bits per heavy atom. The average Bonchev–Trinajstić information content (AvgIpc) is 3.19. The Morgan fingerprint density at radius 2 is 2.17 bits per heavy atom. The second-order valence-corrected chi connectivity index (χ2v) is 6.06. The Labute approximate surface area is 140 Å². The molecule has 0 unspecified atom stereocenters. The Bertz CT molecular complexity index is 767. The average molecular weight is 327 g/mol. The minimum atomic E-state index is -0.425. The number of hydrogen-bond acceptors (Lipinski definition) is 4. The van der Waals surface area contributed by atoms with Gasteiger partial charge in [0.25, 0.3) is 5.91 Å². The van der Waals surface area contributed by atoms with E-state index in [0.29, 0.717) is 29.1 Å². The number of H-pyrrole nitrogens is 1. The van der Waals surface area contributed by atoms with Crippen molar-refractivity contribution in [1.82, 2.24) is 14.9 Å². The number of carbonyl (C=O) groups is 2. The zero-order valence-electron chi connectivity index (χ0n) is 14.1. The molecule has 0 saturated carbocycles. The van der Waals surface area contributed by atoms with Crippen molar-refractivity contribution in [3.8, 4) is 0 Å². The quantitative estimate of drug-likeness (QED) is 0.880. The number of likely N-dealkylation sites (tertiary alicyclic amines) is 1. The molecule has 1 aliphatic heterocycles. The zero-order valence-corrected chi connectivity index (χ0v) is 14.1. The van der Waals surface area contributed by atoms with Crippen LogP contribution in [-0.2, 0) is 4.74 Å². The van der Waals surface area contributed by atoms with Gasteiger partial charge in [-0.3, -0.25) is 9.78 Å². The Morgan fingerprint density at radius 3 is 2.83 bits per heavy atom. The van der Waals surface area contributed by atoms with Crippen LogP contribution in [0, 0.1) is 13.8 Å². The third-order valence-electron chi connectivity index (χ3n) is 4.62. The van der Waals surface area contributed by atoms with Crippen molar-refractivity contribution in [2.75, 3.05) is 13.7 Å². The van der Waals surface area contributed by atoms with Gasteiger partial charge >= 0.3 is 5.97 Å². The first-order valence-electron chi connectivity index (χ1n) is 8.03. The van der Waals surface area contributed by atoms with Crippen LogP contribution in [0.15, 0.2) is 24.5 Å². The fraction of sp³-hybridized carbons (Fsp3) is 0.389. The van der Waals surface area contributed by atoms with E-state index < -0.39 is 5.97 Å². The van der Waals surface area contributed by atoms with Crippen LogP contribution in [0.4, 0.5) is 0 Å². The first kappa shape index (κ1) is 16.2. The fourth-order valence-electron chi connectivity index (χ4n) is 3.45. The van der Waals surface area contributed by atoms with Gasteiger partial charge in [-0.2, -0.15) is 0 Å². The van der Waals surface area contributed by atoms with Crippen molar-refractivity contribution in [3.63, 3.8) is 0 Å². The summed E-state index contributed by atoms with van der Waals surface area (Å²) in [6.45, 7) is 4.25. The number of nitrogens with one attached hydrogen (secondary N) is 1. The van der Waals surface area contributed by atoms with Gasteiger partial charge in [-0.25, -0.2) is 4.79 Å². The molecular formula is C18H21N3O3. The Kier molecular flexibility index (Phi) is 4.38. The second kappa shape index (κ2) is 6.47. The van der Waals surface area contributed by atoms with Crippen molar-refractivity contribution in [1.29, 1.82) is 0 Å². The molecule has 1 saturated heterocycles. The zero-order chi connectivity index (χ0) is 17.3. The molecule has 3 rings (SSSR count). The van der Waals surface area contributed by atoms with Gasteiger partial charge in [-0.1, -0.05) is 6.07 Å². The molecule has 0 bridgehead atoms. The number of carbonyl (C=O) groups excluding carboxylic acids is 2. The Hall–Kier alpha value is -2.63. The lowest BCUT2D eigenvalue weighted by Crippen LogP contribution is -2.31. The number of amides is 1. The first-order valence-corrected chi connectivity index (χ1v) is 8.03. The largest absolute Gasteiger partial charge is 0.465 e. The predicted molar refractivity (Wildman–Crippen MR) is 88.9 cm³/mol. The summed E-state index contributed by atoms with van der Waals surface area (Å²) in [6.07, 6.45) is 5.41. The number of aryl methyl sites for hydroxylation is 1. The number of esters is 1. The second-order valence-electron chi connectivity index (χ2n) is 6.06. The molecule has 6 nitrogen and oxygen atoms in total. The van der Waals surface area contributed by atoms with Gasteiger partial charge in [0.05, 0.1) is 18.7 Å². The highest BCUT2D eigenvalue weighted by Gasteiger charge is 2.33. The number of nitrogens with zero attached hydrogens (tertiary/aromatic N) is 2. The lowest BCUT2D eigenvalue weighted by Gasteiger charge is -2.24.